The van der Waals surface area contributed by atoms with Gasteiger partial charge in [0.15, 0.2) is 0 Å². The van der Waals surface area contributed by atoms with E-state index in [0.717, 1.165) is 44.1 Å². The molecule has 9 nitrogen and oxygen atoms in total. The molecule has 3 N–H and O–H groups in total. The third-order valence-corrected chi connectivity index (χ3v) is 6.89. The molecule has 1 aliphatic heterocycles. The van der Waals surface area contributed by atoms with Gasteiger partial charge < -0.3 is 16.0 Å². The highest BCUT2D eigenvalue weighted by Gasteiger charge is 2.38. The van der Waals surface area contributed by atoms with E-state index >= 15 is 0 Å². The number of hydrogen-bond donors (Lipinski definition) is 3. The van der Waals surface area contributed by atoms with Crippen molar-refractivity contribution in [3.63, 3.8) is 0 Å². The number of nitrogens with zero attached hydrogens (tertiary/aromatic N) is 2. The summed E-state index contributed by atoms with van der Waals surface area (Å²) in [6, 6.07) is 6.63. The predicted molar refractivity (Wildman–Crippen MR) is 133 cm³/mol. The summed E-state index contributed by atoms with van der Waals surface area (Å²) in [6.45, 7) is 3.87. The lowest BCUT2D eigenvalue weighted by atomic mass is 9.88. The Balaban J connectivity index is 1.77. The van der Waals surface area contributed by atoms with Crippen LogP contribution >= 0.6 is 0 Å². The van der Waals surface area contributed by atoms with Crippen LogP contribution in [0, 0.1) is 0 Å². The molecule has 35 heavy (non-hydrogen) atoms. The summed E-state index contributed by atoms with van der Waals surface area (Å²) < 4.78 is 0. The Bertz CT molecular complexity index is 921. The van der Waals surface area contributed by atoms with Crippen molar-refractivity contribution in [1.29, 1.82) is 0 Å². The van der Waals surface area contributed by atoms with Gasteiger partial charge >= 0.3 is 0 Å². The molecule has 192 valence electrons. The third kappa shape index (κ3) is 6.81. The molecule has 3 rings (SSSR count). The van der Waals surface area contributed by atoms with Crippen molar-refractivity contribution in [2.45, 2.75) is 83.3 Å². The molecular weight excluding hydrogens is 446 g/mol. The third-order valence-electron chi connectivity index (χ3n) is 6.89. The number of unbranched alkanes of at least 4 members (excludes halogenated alkanes) is 2. The number of rotatable bonds is 10. The fourth-order valence-corrected chi connectivity index (χ4v) is 4.72. The van der Waals surface area contributed by atoms with E-state index in [1.165, 1.54) is 15.6 Å². The Morgan fingerprint density at radius 1 is 1.03 bits per heavy atom. The van der Waals surface area contributed by atoms with Crippen molar-refractivity contribution >= 4 is 23.6 Å². The van der Waals surface area contributed by atoms with E-state index in [1.54, 1.807) is 14.0 Å². The minimum absolute atomic E-state index is 0.120. The van der Waals surface area contributed by atoms with Crippen molar-refractivity contribution in [2.24, 2.45) is 0 Å². The number of hydrazine groups is 1. The number of carbonyl (C=O) groups excluding carboxylic acids is 4. The molecule has 1 aliphatic carbocycles. The molecule has 4 amide bonds. The molecule has 0 bridgehead atoms. The molecule has 1 heterocycles. The summed E-state index contributed by atoms with van der Waals surface area (Å²) in [5, 5.41) is 11.4. The fraction of sp³-hybridized carbons (Fsp3) is 0.615. The standard InChI is InChI=1S/C26H39N5O4/c1-4-5-8-16-30-24(33)15-14-22(29-25(34)18(2)27-3)26(35)31(30)17-23(32)28-21-13-9-11-19-10-6-7-12-20(19)21/h6-7,10,12,18,21-22,27H,4-5,8-9,11,13-17H2,1-3H3,(H,28,32)(H,29,34). The molecule has 1 fully saturated rings. The maximum atomic E-state index is 13.5. The van der Waals surface area contributed by atoms with Crippen LogP contribution in [0.15, 0.2) is 24.3 Å². The van der Waals surface area contributed by atoms with Crippen LogP contribution < -0.4 is 16.0 Å². The maximum absolute atomic E-state index is 13.5. The molecule has 3 unspecified atom stereocenters. The van der Waals surface area contributed by atoms with Gasteiger partial charge in [-0.05, 0) is 57.2 Å². The summed E-state index contributed by atoms with van der Waals surface area (Å²) in [7, 11) is 1.66. The van der Waals surface area contributed by atoms with Crippen molar-refractivity contribution in [2.75, 3.05) is 20.1 Å². The Morgan fingerprint density at radius 2 is 1.80 bits per heavy atom. The van der Waals surface area contributed by atoms with Gasteiger partial charge in [0, 0.05) is 13.0 Å². The Kier molecular flexibility index (Phi) is 9.65. The van der Waals surface area contributed by atoms with E-state index in [9.17, 15) is 19.2 Å². The number of aryl methyl sites for hydroxylation is 1. The second-order valence-electron chi connectivity index (χ2n) is 9.44. The molecule has 9 heteroatoms. The number of benzene rings is 1. The molecule has 2 aliphatic rings. The van der Waals surface area contributed by atoms with Crippen LogP contribution in [0.4, 0.5) is 0 Å². The second-order valence-corrected chi connectivity index (χ2v) is 9.44. The predicted octanol–water partition coefficient (Wildman–Crippen LogP) is 1.83. The molecule has 0 aromatic heterocycles. The molecule has 3 atom stereocenters. The summed E-state index contributed by atoms with van der Waals surface area (Å²) in [5.74, 6) is -1.27. The molecule has 1 saturated heterocycles. The van der Waals surface area contributed by atoms with Crippen LogP contribution in [-0.2, 0) is 25.6 Å². The minimum atomic E-state index is -0.860. The smallest absolute Gasteiger partial charge is 0.264 e. The van der Waals surface area contributed by atoms with E-state index in [4.69, 9.17) is 0 Å². The zero-order valence-electron chi connectivity index (χ0n) is 21.1. The van der Waals surface area contributed by atoms with Crippen LogP contribution in [0.5, 0.6) is 0 Å². The number of amides is 4. The fourth-order valence-electron chi connectivity index (χ4n) is 4.72. The molecule has 0 spiro atoms. The van der Waals surface area contributed by atoms with Crippen LogP contribution in [0.3, 0.4) is 0 Å². The summed E-state index contributed by atoms with van der Waals surface area (Å²) in [4.78, 5) is 52.2. The SMILES string of the molecule is CCCCCN1C(=O)CCC(NC(=O)C(C)NC)C(=O)N1CC(=O)NC1CCCc2ccccc21. The Labute approximate surface area is 208 Å². The number of nitrogens with one attached hydrogen (secondary N) is 3. The van der Waals surface area contributed by atoms with Crippen molar-refractivity contribution < 1.29 is 19.2 Å². The molecule has 1 aromatic carbocycles. The molecule has 0 radical (unpaired) electrons. The highest BCUT2D eigenvalue weighted by Crippen LogP contribution is 2.29. The van der Waals surface area contributed by atoms with E-state index in [0.29, 0.717) is 6.54 Å². The lowest BCUT2D eigenvalue weighted by Crippen LogP contribution is -2.58. The first kappa shape index (κ1) is 26.7. The molecule has 1 aromatic rings. The van der Waals surface area contributed by atoms with E-state index in [1.807, 2.05) is 18.2 Å². The lowest BCUT2D eigenvalue weighted by Gasteiger charge is -2.35. The summed E-state index contributed by atoms with van der Waals surface area (Å²) in [5.41, 5.74) is 2.34. The van der Waals surface area contributed by atoms with Gasteiger partial charge in [-0.15, -0.1) is 0 Å². The lowest BCUT2D eigenvalue weighted by molar-refractivity contribution is -0.164. The van der Waals surface area contributed by atoms with E-state index in [2.05, 4.69) is 28.9 Å². The van der Waals surface area contributed by atoms with Crippen molar-refractivity contribution in [1.82, 2.24) is 26.0 Å². The van der Waals surface area contributed by atoms with Gasteiger partial charge in [-0.3, -0.25) is 24.2 Å². The van der Waals surface area contributed by atoms with Crippen LogP contribution in [0.25, 0.3) is 0 Å². The van der Waals surface area contributed by atoms with Crippen LogP contribution in [-0.4, -0.2) is 65.9 Å². The highest BCUT2D eigenvalue weighted by molar-refractivity contribution is 5.94. The number of hydrogen-bond acceptors (Lipinski definition) is 5. The summed E-state index contributed by atoms with van der Waals surface area (Å²) >= 11 is 0. The van der Waals surface area contributed by atoms with Crippen molar-refractivity contribution in [3.8, 4) is 0 Å². The van der Waals surface area contributed by atoms with Gasteiger partial charge in [-0.2, -0.15) is 0 Å². The first-order valence-electron chi connectivity index (χ1n) is 12.8. The van der Waals surface area contributed by atoms with Gasteiger partial charge in [0.05, 0.1) is 12.1 Å². The first-order valence-corrected chi connectivity index (χ1v) is 12.8. The molecule has 0 saturated carbocycles. The Morgan fingerprint density at radius 3 is 2.54 bits per heavy atom. The molecular formula is C26H39N5O4. The topological polar surface area (TPSA) is 111 Å². The average Bonchev–Trinajstić information content (AvgIpc) is 2.96. The zero-order valence-corrected chi connectivity index (χ0v) is 21.1. The van der Waals surface area contributed by atoms with Gasteiger partial charge in [0.1, 0.15) is 12.6 Å². The normalized spacial score (nSPS) is 21.2. The van der Waals surface area contributed by atoms with E-state index in [-0.39, 0.29) is 43.1 Å². The van der Waals surface area contributed by atoms with Crippen molar-refractivity contribution in [3.05, 3.63) is 35.4 Å². The van der Waals surface area contributed by atoms with Crippen LogP contribution in [0.1, 0.15) is 76.0 Å². The van der Waals surface area contributed by atoms with Gasteiger partial charge in [-0.1, -0.05) is 44.0 Å². The summed E-state index contributed by atoms with van der Waals surface area (Å²) in [6.07, 6.45) is 5.75. The zero-order chi connectivity index (χ0) is 25.4. The maximum Gasteiger partial charge on any atom is 0.264 e. The van der Waals surface area contributed by atoms with E-state index < -0.39 is 18.0 Å². The van der Waals surface area contributed by atoms with Gasteiger partial charge in [0.2, 0.25) is 17.7 Å². The highest BCUT2D eigenvalue weighted by atomic mass is 16.2. The minimum Gasteiger partial charge on any atom is -0.348 e. The monoisotopic (exact) mass is 485 g/mol. The van der Waals surface area contributed by atoms with Crippen LogP contribution in [0.2, 0.25) is 0 Å². The second kappa shape index (κ2) is 12.7. The first-order chi connectivity index (χ1) is 16.8. The van der Waals surface area contributed by atoms with Gasteiger partial charge in [-0.25, -0.2) is 5.01 Å². The largest absolute Gasteiger partial charge is 0.348 e. The quantitative estimate of drug-likeness (QED) is 0.438. The number of carbonyl (C=O) groups is 4. The number of fused-ring (bicyclic) bond motifs is 1. The average molecular weight is 486 g/mol. The van der Waals surface area contributed by atoms with Gasteiger partial charge in [0.25, 0.3) is 5.91 Å². The number of likely N-dealkylation sites (N-methyl/N-ethyl adjacent to an activating group) is 1. The Hall–Kier alpha value is -2.94.